The van der Waals surface area contributed by atoms with Gasteiger partial charge in [-0.2, -0.15) is 0 Å². The van der Waals surface area contributed by atoms with E-state index < -0.39 is 0 Å². The van der Waals surface area contributed by atoms with E-state index >= 15 is 0 Å². The van der Waals surface area contributed by atoms with Gasteiger partial charge in [0, 0.05) is 11.6 Å². The Morgan fingerprint density at radius 1 is 1.23 bits per heavy atom. The molecule has 2 rings (SSSR count). The third-order valence-corrected chi connectivity index (χ3v) is 2.62. The molecule has 70 valence electrons. The fourth-order valence-corrected chi connectivity index (χ4v) is 1.47. The van der Waals surface area contributed by atoms with Crippen LogP contribution in [0.25, 0.3) is 0 Å². The highest BCUT2D eigenvalue weighted by Crippen LogP contribution is 2.27. The lowest BCUT2D eigenvalue weighted by molar-refractivity contribution is 0.639. The summed E-state index contributed by atoms with van der Waals surface area (Å²) < 4.78 is 0. The zero-order valence-corrected chi connectivity index (χ0v) is 8.35. The van der Waals surface area contributed by atoms with Crippen molar-refractivity contribution in [2.75, 3.05) is 6.54 Å². The second kappa shape index (κ2) is 4.12. The minimum absolute atomic E-state index is 0.811. The Morgan fingerprint density at radius 2 is 1.92 bits per heavy atom. The summed E-state index contributed by atoms with van der Waals surface area (Å²) in [5.74, 6) is 0.951. The number of rotatable bonds is 4. The smallest absolute Gasteiger partial charge is 0.0406 e. The van der Waals surface area contributed by atoms with Crippen LogP contribution in [-0.4, -0.2) is 6.54 Å². The van der Waals surface area contributed by atoms with E-state index in [-0.39, 0.29) is 0 Å². The van der Waals surface area contributed by atoms with Crippen LogP contribution < -0.4 is 5.32 Å². The molecule has 0 heterocycles. The maximum atomic E-state index is 5.79. The summed E-state index contributed by atoms with van der Waals surface area (Å²) in [5.41, 5.74) is 1.31. The molecule has 0 saturated heterocycles. The summed E-state index contributed by atoms with van der Waals surface area (Å²) in [6.07, 6.45) is 2.82. The third kappa shape index (κ3) is 3.02. The van der Waals surface area contributed by atoms with Gasteiger partial charge in [0.1, 0.15) is 0 Å². The second-order valence-corrected chi connectivity index (χ2v) is 4.14. The molecule has 0 bridgehead atoms. The molecule has 0 atom stereocenters. The van der Waals surface area contributed by atoms with Crippen molar-refractivity contribution in [1.29, 1.82) is 0 Å². The zero-order valence-electron chi connectivity index (χ0n) is 7.59. The van der Waals surface area contributed by atoms with E-state index in [1.807, 2.05) is 12.1 Å². The minimum atomic E-state index is 0.811. The Bertz CT molecular complexity index is 264. The quantitative estimate of drug-likeness (QED) is 0.779. The van der Waals surface area contributed by atoms with Crippen LogP contribution in [0.5, 0.6) is 0 Å². The lowest BCUT2D eigenvalue weighted by Crippen LogP contribution is -2.15. The first-order valence-electron chi connectivity index (χ1n) is 4.80. The van der Waals surface area contributed by atoms with Gasteiger partial charge in [-0.3, -0.25) is 0 Å². The highest BCUT2D eigenvalue weighted by atomic mass is 35.5. The van der Waals surface area contributed by atoms with E-state index in [4.69, 9.17) is 11.6 Å². The first kappa shape index (κ1) is 9.04. The van der Waals surface area contributed by atoms with Gasteiger partial charge in [0.25, 0.3) is 0 Å². The molecule has 2 heteroatoms. The van der Waals surface area contributed by atoms with Crippen LogP contribution in [0.4, 0.5) is 0 Å². The standard InChI is InChI=1S/C11H14ClN/c12-11-5-3-10(4-6-11)8-13-7-9-1-2-9/h3-6,9,13H,1-2,7-8H2. The molecule has 1 saturated carbocycles. The number of nitrogens with one attached hydrogen (secondary N) is 1. The van der Waals surface area contributed by atoms with Crippen LogP contribution in [0.2, 0.25) is 5.02 Å². The first-order chi connectivity index (χ1) is 6.34. The van der Waals surface area contributed by atoms with Crippen LogP contribution in [0.3, 0.4) is 0 Å². The molecule has 0 unspecified atom stereocenters. The average Bonchev–Trinajstić information content (AvgIpc) is 2.92. The molecular formula is C11H14ClN. The Hall–Kier alpha value is -0.530. The number of hydrogen-bond acceptors (Lipinski definition) is 1. The summed E-state index contributed by atoms with van der Waals surface area (Å²) in [6.45, 7) is 2.14. The molecule has 0 amide bonds. The zero-order chi connectivity index (χ0) is 9.10. The Labute approximate surface area is 84.1 Å². The molecule has 1 aliphatic rings. The van der Waals surface area contributed by atoms with Crippen molar-refractivity contribution in [3.63, 3.8) is 0 Å². The van der Waals surface area contributed by atoms with Crippen LogP contribution in [-0.2, 0) is 6.54 Å². The van der Waals surface area contributed by atoms with Crippen LogP contribution in [0, 0.1) is 5.92 Å². The van der Waals surface area contributed by atoms with Crippen molar-refractivity contribution in [2.45, 2.75) is 19.4 Å². The summed E-state index contributed by atoms with van der Waals surface area (Å²) in [4.78, 5) is 0. The summed E-state index contributed by atoms with van der Waals surface area (Å²) in [5, 5.41) is 4.25. The molecule has 0 aliphatic heterocycles. The maximum absolute atomic E-state index is 5.79. The highest BCUT2D eigenvalue weighted by Gasteiger charge is 2.19. The molecule has 1 N–H and O–H groups in total. The lowest BCUT2D eigenvalue weighted by atomic mass is 10.2. The van der Waals surface area contributed by atoms with E-state index in [0.29, 0.717) is 0 Å². The Morgan fingerprint density at radius 3 is 2.54 bits per heavy atom. The summed E-state index contributed by atoms with van der Waals surface area (Å²) in [6, 6.07) is 8.02. The molecule has 1 aromatic carbocycles. The van der Waals surface area contributed by atoms with E-state index in [9.17, 15) is 0 Å². The summed E-state index contributed by atoms with van der Waals surface area (Å²) in [7, 11) is 0. The van der Waals surface area contributed by atoms with E-state index in [1.165, 1.54) is 24.9 Å². The van der Waals surface area contributed by atoms with E-state index in [1.54, 1.807) is 0 Å². The van der Waals surface area contributed by atoms with Crippen molar-refractivity contribution in [3.05, 3.63) is 34.9 Å². The van der Waals surface area contributed by atoms with E-state index in [0.717, 1.165) is 17.5 Å². The van der Waals surface area contributed by atoms with Crippen molar-refractivity contribution in [2.24, 2.45) is 5.92 Å². The van der Waals surface area contributed by atoms with Gasteiger partial charge in [-0.1, -0.05) is 23.7 Å². The molecule has 1 fully saturated rings. The average molecular weight is 196 g/mol. The second-order valence-electron chi connectivity index (χ2n) is 3.70. The molecule has 1 aliphatic carbocycles. The SMILES string of the molecule is Clc1ccc(CNCC2CC2)cc1. The van der Waals surface area contributed by atoms with Gasteiger partial charge in [-0.15, -0.1) is 0 Å². The van der Waals surface area contributed by atoms with Crippen molar-refractivity contribution < 1.29 is 0 Å². The molecule has 1 aromatic rings. The monoisotopic (exact) mass is 195 g/mol. The topological polar surface area (TPSA) is 12.0 Å². The van der Waals surface area contributed by atoms with Crippen LogP contribution >= 0.6 is 11.6 Å². The molecule has 13 heavy (non-hydrogen) atoms. The fourth-order valence-electron chi connectivity index (χ4n) is 1.34. The highest BCUT2D eigenvalue weighted by molar-refractivity contribution is 6.30. The van der Waals surface area contributed by atoms with Gasteiger partial charge < -0.3 is 5.32 Å². The van der Waals surface area contributed by atoms with Gasteiger partial charge in [0.05, 0.1) is 0 Å². The molecular weight excluding hydrogens is 182 g/mol. The Balaban J connectivity index is 1.76. The Kier molecular flexibility index (Phi) is 2.87. The van der Waals surface area contributed by atoms with Gasteiger partial charge >= 0.3 is 0 Å². The number of halogens is 1. The maximum Gasteiger partial charge on any atom is 0.0406 e. The third-order valence-electron chi connectivity index (χ3n) is 2.37. The van der Waals surface area contributed by atoms with Crippen molar-refractivity contribution in [1.82, 2.24) is 5.32 Å². The van der Waals surface area contributed by atoms with Gasteiger partial charge in [0.2, 0.25) is 0 Å². The van der Waals surface area contributed by atoms with Gasteiger partial charge in [-0.05, 0) is 43.0 Å². The van der Waals surface area contributed by atoms with Crippen LogP contribution in [0.1, 0.15) is 18.4 Å². The largest absolute Gasteiger partial charge is 0.312 e. The predicted octanol–water partition coefficient (Wildman–Crippen LogP) is 2.84. The lowest BCUT2D eigenvalue weighted by Gasteiger charge is -2.03. The molecule has 0 radical (unpaired) electrons. The van der Waals surface area contributed by atoms with Crippen molar-refractivity contribution in [3.8, 4) is 0 Å². The number of hydrogen-bond donors (Lipinski definition) is 1. The molecule has 0 spiro atoms. The molecule has 0 aromatic heterocycles. The predicted molar refractivity (Wildman–Crippen MR) is 55.9 cm³/mol. The minimum Gasteiger partial charge on any atom is -0.312 e. The number of benzene rings is 1. The molecule has 1 nitrogen and oxygen atoms in total. The van der Waals surface area contributed by atoms with E-state index in [2.05, 4.69) is 17.4 Å². The normalized spacial score (nSPS) is 16.1. The van der Waals surface area contributed by atoms with Crippen LogP contribution in [0.15, 0.2) is 24.3 Å². The first-order valence-corrected chi connectivity index (χ1v) is 5.17. The fraction of sp³-hybridized carbons (Fsp3) is 0.455. The van der Waals surface area contributed by atoms with Gasteiger partial charge in [-0.25, -0.2) is 0 Å². The summed E-state index contributed by atoms with van der Waals surface area (Å²) >= 11 is 5.79. The van der Waals surface area contributed by atoms with Crippen molar-refractivity contribution >= 4 is 11.6 Å². The van der Waals surface area contributed by atoms with Gasteiger partial charge in [0.15, 0.2) is 0 Å².